The fourth-order valence-corrected chi connectivity index (χ4v) is 2.47. The molecular formula is C15H14Cl2FN. The van der Waals surface area contributed by atoms with Crippen LogP contribution in [0.15, 0.2) is 36.4 Å². The molecule has 2 aromatic rings. The summed E-state index contributed by atoms with van der Waals surface area (Å²) >= 11 is 12.0. The smallest absolute Gasteiger partial charge is 0.123 e. The predicted molar refractivity (Wildman–Crippen MR) is 79.2 cm³/mol. The van der Waals surface area contributed by atoms with Gasteiger partial charge in [-0.05, 0) is 53.6 Å². The van der Waals surface area contributed by atoms with Crippen LogP contribution < -0.4 is 5.32 Å². The highest BCUT2D eigenvalue weighted by molar-refractivity contribution is 6.35. The van der Waals surface area contributed by atoms with E-state index in [1.807, 2.05) is 6.92 Å². The summed E-state index contributed by atoms with van der Waals surface area (Å²) in [5.41, 5.74) is 2.65. The van der Waals surface area contributed by atoms with E-state index >= 15 is 0 Å². The minimum absolute atomic E-state index is 0.272. The maximum atomic E-state index is 13.5. The predicted octanol–water partition coefficient (Wildman–Crippen LogP) is 4.91. The first-order valence-electron chi connectivity index (χ1n) is 6.05. The summed E-state index contributed by atoms with van der Waals surface area (Å²) in [7, 11) is 0. The van der Waals surface area contributed by atoms with E-state index < -0.39 is 0 Å². The summed E-state index contributed by atoms with van der Waals surface area (Å²) < 4.78 is 13.5. The maximum Gasteiger partial charge on any atom is 0.123 e. The van der Waals surface area contributed by atoms with Crippen LogP contribution in [-0.4, -0.2) is 6.54 Å². The molecule has 0 saturated heterocycles. The fraction of sp³-hybridized carbons (Fsp3) is 0.200. The Hall–Kier alpha value is -1.09. The van der Waals surface area contributed by atoms with Crippen LogP contribution >= 0.6 is 23.2 Å². The van der Waals surface area contributed by atoms with Crippen LogP contribution in [0.2, 0.25) is 10.0 Å². The number of nitrogens with one attached hydrogen (secondary N) is 1. The number of benzene rings is 2. The second-order valence-electron chi connectivity index (χ2n) is 4.24. The molecule has 2 aromatic carbocycles. The van der Waals surface area contributed by atoms with Crippen molar-refractivity contribution in [2.45, 2.75) is 13.5 Å². The molecule has 19 heavy (non-hydrogen) atoms. The molecule has 1 nitrogen and oxygen atoms in total. The van der Waals surface area contributed by atoms with Crippen LogP contribution in [0.4, 0.5) is 4.39 Å². The molecule has 0 fully saturated rings. The van der Waals surface area contributed by atoms with Gasteiger partial charge in [0.15, 0.2) is 0 Å². The van der Waals surface area contributed by atoms with Gasteiger partial charge in [-0.15, -0.1) is 0 Å². The lowest BCUT2D eigenvalue weighted by molar-refractivity contribution is 0.626. The standard InChI is InChI=1S/C15H14Cl2FN/c1-2-19-9-10-3-4-14(18)8-15(10)11-5-12(16)7-13(17)6-11/h3-8,19H,2,9H2,1H3. The van der Waals surface area contributed by atoms with Crippen LogP contribution in [-0.2, 0) is 6.54 Å². The SMILES string of the molecule is CCNCc1ccc(F)cc1-c1cc(Cl)cc(Cl)c1. The lowest BCUT2D eigenvalue weighted by atomic mass is 9.99. The highest BCUT2D eigenvalue weighted by Crippen LogP contribution is 2.30. The zero-order valence-corrected chi connectivity index (χ0v) is 12.0. The summed E-state index contributed by atoms with van der Waals surface area (Å²) in [5, 5.41) is 4.32. The first kappa shape index (κ1) is 14.3. The van der Waals surface area contributed by atoms with E-state index in [9.17, 15) is 4.39 Å². The molecule has 1 N–H and O–H groups in total. The molecular weight excluding hydrogens is 284 g/mol. The van der Waals surface area contributed by atoms with Gasteiger partial charge in [-0.3, -0.25) is 0 Å². The molecule has 0 amide bonds. The van der Waals surface area contributed by atoms with Gasteiger partial charge < -0.3 is 5.32 Å². The largest absolute Gasteiger partial charge is 0.313 e. The van der Waals surface area contributed by atoms with Crippen molar-refractivity contribution in [2.24, 2.45) is 0 Å². The summed E-state index contributed by atoms with van der Waals surface area (Å²) in [6, 6.07) is 9.99. The zero-order chi connectivity index (χ0) is 13.8. The second-order valence-corrected chi connectivity index (χ2v) is 5.11. The van der Waals surface area contributed by atoms with E-state index in [-0.39, 0.29) is 5.82 Å². The Balaban J connectivity index is 2.49. The Kier molecular flexibility index (Phi) is 4.81. The topological polar surface area (TPSA) is 12.0 Å². The third kappa shape index (κ3) is 3.69. The Bertz CT molecular complexity index is 564. The number of rotatable bonds is 4. The number of hydrogen-bond acceptors (Lipinski definition) is 1. The van der Waals surface area contributed by atoms with E-state index in [1.165, 1.54) is 12.1 Å². The van der Waals surface area contributed by atoms with Crippen molar-refractivity contribution in [3.05, 3.63) is 57.8 Å². The molecule has 0 bridgehead atoms. The quantitative estimate of drug-likeness (QED) is 0.845. The zero-order valence-electron chi connectivity index (χ0n) is 10.5. The molecule has 0 atom stereocenters. The molecule has 0 aromatic heterocycles. The number of halogens is 3. The monoisotopic (exact) mass is 297 g/mol. The molecule has 0 unspecified atom stereocenters. The molecule has 0 radical (unpaired) electrons. The van der Waals surface area contributed by atoms with Gasteiger partial charge in [-0.25, -0.2) is 4.39 Å². The first-order chi connectivity index (χ1) is 9.10. The van der Waals surface area contributed by atoms with E-state index in [2.05, 4.69) is 5.32 Å². The van der Waals surface area contributed by atoms with Crippen molar-refractivity contribution in [1.82, 2.24) is 5.32 Å². The van der Waals surface area contributed by atoms with Crippen LogP contribution in [0.3, 0.4) is 0 Å². The van der Waals surface area contributed by atoms with Gasteiger partial charge in [-0.2, -0.15) is 0 Å². The summed E-state index contributed by atoms with van der Waals surface area (Å²) in [5.74, 6) is -0.272. The van der Waals surface area contributed by atoms with Crippen molar-refractivity contribution in [2.75, 3.05) is 6.54 Å². The highest BCUT2D eigenvalue weighted by Gasteiger charge is 2.08. The second kappa shape index (κ2) is 6.38. The normalized spacial score (nSPS) is 10.7. The summed E-state index contributed by atoms with van der Waals surface area (Å²) in [6.45, 7) is 3.56. The lowest BCUT2D eigenvalue weighted by Gasteiger charge is -2.11. The average Bonchev–Trinajstić information content (AvgIpc) is 2.36. The summed E-state index contributed by atoms with van der Waals surface area (Å²) in [4.78, 5) is 0. The Morgan fingerprint density at radius 1 is 1.05 bits per heavy atom. The number of hydrogen-bond donors (Lipinski definition) is 1. The fourth-order valence-electron chi connectivity index (χ4n) is 1.94. The van der Waals surface area contributed by atoms with E-state index in [1.54, 1.807) is 24.3 Å². The lowest BCUT2D eigenvalue weighted by Crippen LogP contribution is -2.12. The van der Waals surface area contributed by atoms with Gasteiger partial charge in [-0.1, -0.05) is 36.2 Å². The molecule has 2 rings (SSSR count). The van der Waals surface area contributed by atoms with Crippen molar-refractivity contribution in [3.63, 3.8) is 0 Å². The Morgan fingerprint density at radius 3 is 2.37 bits per heavy atom. The van der Waals surface area contributed by atoms with Gasteiger partial charge >= 0.3 is 0 Å². The van der Waals surface area contributed by atoms with Gasteiger partial charge in [0.25, 0.3) is 0 Å². The Morgan fingerprint density at radius 2 is 1.74 bits per heavy atom. The molecule has 100 valence electrons. The van der Waals surface area contributed by atoms with Crippen molar-refractivity contribution in [1.29, 1.82) is 0 Å². The average molecular weight is 298 g/mol. The van der Waals surface area contributed by atoms with E-state index in [0.29, 0.717) is 16.6 Å². The Labute approximate surface area is 122 Å². The molecule has 0 heterocycles. The van der Waals surface area contributed by atoms with Crippen LogP contribution in [0.25, 0.3) is 11.1 Å². The minimum atomic E-state index is -0.272. The third-order valence-corrected chi connectivity index (χ3v) is 3.25. The van der Waals surface area contributed by atoms with Crippen molar-refractivity contribution < 1.29 is 4.39 Å². The van der Waals surface area contributed by atoms with Crippen molar-refractivity contribution in [3.8, 4) is 11.1 Å². The molecule has 0 aliphatic heterocycles. The minimum Gasteiger partial charge on any atom is -0.313 e. The molecule has 4 heteroatoms. The van der Waals surface area contributed by atoms with Gasteiger partial charge in [0.2, 0.25) is 0 Å². The highest BCUT2D eigenvalue weighted by atomic mass is 35.5. The van der Waals surface area contributed by atoms with Crippen LogP contribution in [0.1, 0.15) is 12.5 Å². The van der Waals surface area contributed by atoms with E-state index in [0.717, 1.165) is 23.2 Å². The molecule has 0 aliphatic rings. The van der Waals surface area contributed by atoms with Gasteiger partial charge in [0.05, 0.1) is 0 Å². The van der Waals surface area contributed by atoms with E-state index in [4.69, 9.17) is 23.2 Å². The first-order valence-corrected chi connectivity index (χ1v) is 6.81. The van der Waals surface area contributed by atoms with Crippen LogP contribution in [0.5, 0.6) is 0 Å². The van der Waals surface area contributed by atoms with Gasteiger partial charge in [0, 0.05) is 16.6 Å². The van der Waals surface area contributed by atoms with Crippen LogP contribution in [0, 0.1) is 5.82 Å². The van der Waals surface area contributed by atoms with Crippen molar-refractivity contribution >= 4 is 23.2 Å². The molecule has 0 saturated carbocycles. The maximum absolute atomic E-state index is 13.5. The molecule has 0 spiro atoms. The molecule has 0 aliphatic carbocycles. The third-order valence-electron chi connectivity index (χ3n) is 2.81. The van der Waals surface area contributed by atoms with Gasteiger partial charge in [0.1, 0.15) is 5.82 Å². The summed E-state index contributed by atoms with van der Waals surface area (Å²) in [6.07, 6.45) is 0.